The summed E-state index contributed by atoms with van der Waals surface area (Å²) in [6.07, 6.45) is 7.56. The zero-order valence-electron chi connectivity index (χ0n) is 10.8. The molecule has 0 aliphatic carbocycles. The van der Waals surface area contributed by atoms with E-state index in [2.05, 4.69) is 31.8 Å². The van der Waals surface area contributed by atoms with Crippen LogP contribution in [0.2, 0.25) is 0 Å². The van der Waals surface area contributed by atoms with Crippen LogP contribution in [0.25, 0.3) is 0 Å². The van der Waals surface area contributed by atoms with E-state index in [0.29, 0.717) is 12.8 Å². The van der Waals surface area contributed by atoms with Crippen molar-refractivity contribution in [2.24, 2.45) is 0 Å². The zero-order valence-corrected chi connectivity index (χ0v) is 10.8. The molecule has 2 nitrogen and oxygen atoms in total. The Hall–Kier alpha value is -1.46. The Bertz CT molecular complexity index is 410. The maximum absolute atomic E-state index is 10.0. The quantitative estimate of drug-likeness (QED) is 0.638. The Morgan fingerprint density at radius 2 is 2.29 bits per heavy atom. The van der Waals surface area contributed by atoms with Crippen LogP contribution in [0.1, 0.15) is 39.2 Å². The molecule has 1 heterocycles. The van der Waals surface area contributed by atoms with Crippen molar-refractivity contribution in [3.05, 3.63) is 35.8 Å². The summed E-state index contributed by atoms with van der Waals surface area (Å²) < 4.78 is 4.95. The second kappa shape index (κ2) is 6.32. The van der Waals surface area contributed by atoms with Gasteiger partial charge in [0.15, 0.2) is 0 Å². The highest BCUT2D eigenvalue weighted by Crippen LogP contribution is 2.12. The molecule has 0 radical (unpaired) electrons. The van der Waals surface area contributed by atoms with Gasteiger partial charge in [0.2, 0.25) is 0 Å². The highest BCUT2D eigenvalue weighted by Gasteiger charge is 2.14. The van der Waals surface area contributed by atoms with E-state index in [1.165, 1.54) is 5.57 Å². The summed E-state index contributed by atoms with van der Waals surface area (Å²) in [5, 5.41) is 10.0. The Morgan fingerprint density at radius 3 is 2.88 bits per heavy atom. The Labute approximate surface area is 103 Å². The van der Waals surface area contributed by atoms with Gasteiger partial charge in [-0.1, -0.05) is 23.5 Å². The molecule has 0 saturated carbocycles. The maximum Gasteiger partial charge on any atom is 0.123 e. The molecule has 1 atom stereocenters. The molecule has 0 saturated heterocycles. The standard InChI is InChI=1S/C15H20O2/c1-13(2)6-4-9-15(3,16)10-5-7-14-8-11-17-12-14/h6,8,11-12,16H,4,7,9H2,1-3H3. The predicted octanol–water partition coefficient (Wildman–Crippen LogP) is 3.32. The molecule has 0 amide bonds. The first-order chi connectivity index (χ1) is 7.99. The average Bonchev–Trinajstić information content (AvgIpc) is 2.69. The minimum Gasteiger partial charge on any atom is -0.472 e. The molecule has 0 bridgehead atoms. The van der Waals surface area contributed by atoms with Crippen molar-refractivity contribution in [2.75, 3.05) is 0 Å². The first-order valence-corrected chi connectivity index (χ1v) is 5.86. The van der Waals surface area contributed by atoms with Gasteiger partial charge in [-0.25, -0.2) is 0 Å². The van der Waals surface area contributed by atoms with Gasteiger partial charge in [0, 0.05) is 12.0 Å². The highest BCUT2D eigenvalue weighted by molar-refractivity contribution is 5.19. The maximum atomic E-state index is 10.0. The molecule has 2 heteroatoms. The molecule has 0 fully saturated rings. The first-order valence-electron chi connectivity index (χ1n) is 5.86. The number of aliphatic hydroxyl groups is 1. The lowest BCUT2D eigenvalue weighted by molar-refractivity contribution is 0.113. The van der Waals surface area contributed by atoms with E-state index in [4.69, 9.17) is 4.42 Å². The van der Waals surface area contributed by atoms with E-state index < -0.39 is 5.60 Å². The molecule has 0 aromatic carbocycles. The van der Waals surface area contributed by atoms with E-state index in [1.807, 2.05) is 6.07 Å². The molecule has 1 unspecified atom stereocenters. The van der Waals surface area contributed by atoms with Crippen molar-refractivity contribution in [2.45, 2.75) is 45.6 Å². The normalized spacial score (nSPS) is 13.4. The van der Waals surface area contributed by atoms with Crippen LogP contribution in [0.15, 0.2) is 34.7 Å². The minimum atomic E-state index is -0.907. The SMILES string of the molecule is CC(C)=CCCC(C)(O)C#CCc1ccoc1. The molecule has 1 rings (SSSR count). The minimum absolute atomic E-state index is 0.620. The van der Waals surface area contributed by atoms with Crippen LogP contribution in [0.4, 0.5) is 0 Å². The molecule has 92 valence electrons. The second-order valence-corrected chi connectivity index (χ2v) is 4.70. The topological polar surface area (TPSA) is 33.4 Å². The lowest BCUT2D eigenvalue weighted by Gasteiger charge is -2.14. The van der Waals surface area contributed by atoms with Gasteiger partial charge in [-0.2, -0.15) is 0 Å². The molecule has 1 N–H and O–H groups in total. The van der Waals surface area contributed by atoms with Crippen LogP contribution >= 0.6 is 0 Å². The third kappa shape index (κ3) is 5.99. The fraction of sp³-hybridized carbons (Fsp3) is 0.467. The van der Waals surface area contributed by atoms with E-state index >= 15 is 0 Å². The third-order valence-electron chi connectivity index (χ3n) is 2.41. The molecule has 17 heavy (non-hydrogen) atoms. The number of rotatable bonds is 4. The number of hydrogen-bond acceptors (Lipinski definition) is 2. The van der Waals surface area contributed by atoms with Crippen molar-refractivity contribution in [1.29, 1.82) is 0 Å². The highest BCUT2D eigenvalue weighted by atomic mass is 16.3. The van der Waals surface area contributed by atoms with Gasteiger partial charge in [-0.3, -0.25) is 0 Å². The molecule has 0 spiro atoms. The summed E-state index contributed by atoms with van der Waals surface area (Å²) in [6, 6.07) is 1.88. The van der Waals surface area contributed by atoms with Gasteiger partial charge in [-0.05, 0) is 39.7 Å². The Balaban J connectivity index is 2.43. The Kier molecular flexibility index (Phi) is 5.06. The lowest BCUT2D eigenvalue weighted by atomic mass is 10.00. The van der Waals surface area contributed by atoms with Crippen molar-refractivity contribution >= 4 is 0 Å². The van der Waals surface area contributed by atoms with E-state index in [1.54, 1.807) is 19.5 Å². The van der Waals surface area contributed by atoms with Crippen molar-refractivity contribution in [3.8, 4) is 11.8 Å². The van der Waals surface area contributed by atoms with Crippen LogP contribution in [0.3, 0.4) is 0 Å². The molecule has 1 aromatic heterocycles. The zero-order chi connectivity index (χ0) is 12.7. The monoisotopic (exact) mass is 232 g/mol. The van der Waals surface area contributed by atoms with Gasteiger partial charge in [0.25, 0.3) is 0 Å². The van der Waals surface area contributed by atoms with Crippen LogP contribution in [-0.2, 0) is 6.42 Å². The van der Waals surface area contributed by atoms with Crippen LogP contribution in [0.5, 0.6) is 0 Å². The van der Waals surface area contributed by atoms with Gasteiger partial charge in [0.1, 0.15) is 5.60 Å². The van der Waals surface area contributed by atoms with Crippen LogP contribution in [0, 0.1) is 11.8 Å². The second-order valence-electron chi connectivity index (χ2n) is 4.70. The Morgan fingerprint density at radius 1 is 1.53 bits per heavy atom. The van der Waals surface area contributed by atoms with Gasteiger partial charge in [-0.15, -0.1) is 0 Å². The summed E-state index contributed by atoms with van der Waals surface area (Å²) in [5.41, 5.74) is 1.40. The van der Waals surface area contributed by atoms with Crippen LogP contribution in [-0.4, -0.2) is 10.7 Å². The molecule has 1 aromatic rings. The summed E-state index contributed by atoms with van der Waals surface area (Å²) in [7, 11) is 0. The fourth-order valence-electron chi connectivity index (χ4n) is 1.43. The fourth-order valence-corrected chi connectivity index (χ4v) is 1.43. The largest absolute Gasteiger partial charge is 0.472 e. The summed E-state index contributed by atoms with van der Waals surface area (Å²) in [4.78, 5) is 0. The molecule has 0 aliphatic rings. The average molecular weight is 232 g/mol. The summed E-state index contributed by atoms with van der Waals surface area (Å²) in [5.74, 6) is 5.89. The number of furan rings is 1. The van der Waals surface area contributed by atoms with Gasteiger partial charge in [0.05, 0.1) is 12.5 Å². The lowest BCUT2D eigenvalue weighted by Crippen LogP contribution is -2.20. The van der Waals surface area contributed by atoms with E-state index in [9.17, 15) is 5.11 Å². The third-order valence-corrected chi connectivity index (χ3v) is 2.41. The summed E-state index contributed by atoms with van der Waals surface area (Å²) in [6.45, 7) is 5.87. The van der Waals surface area contributed by atoms with Gasteiger partial charge >= 0.3 is 0 Å². The number of allylic oxidation sites excluding steroid dienone is 2. The number of hydrogen-bond donors (Lipinski definition) is 1. The summed E-state index contributed by atoms with van der Waals surface area (Å²) >= 11 is 0. The molecular weight excluding hydrogens is 212 g/mol. The first kappa shape index (κ1) is 13.6. The van der Waals surface area contributed by atoms with Crippen molar-refractivity contribution in [1.82, 2.24) is 0 Å². The predicted molar refractivity (Wildman–Crippen MR) is 69.5 cm³/mol. The van der Waals surface area contributed by atoms with Crippen LogP contribution < -0.4 is 0 Å². The van der Waals surface area contributed by atoms with E-state index in [-0.39, 0.29) is 0 Å². The van der Waals surface area contributed by atoms with Crippen molar-refractivity contribution in [3.63, 3.8) is 0 Å². The molecular formula is C15H20O2. The van der Waals surface area contributed by atoms with Crippen molar-refractivity contribution < 1.29 is 9.52 Å². The smallest absolute Gasteiger partial charge is 0.123 e. The van der Waals surface area contributed by atoms with Gasteiger partial charge < -0.3 is 9.52 Å². The molecule has 0 aliphatic heterocycles. The van der Waals surface area contributed by atoms with E-state index in [0.717, 1.165) is 12.0 Å².